The molecule has 1 aliphatic rings. The van der Waals surface area contributed by atoms with E-state index >= 15 is 0 Å². The third kappa shape index (κ3) is 4.93. The van der Waals surface area contributed by atoms with Crippen LogP contribution in [0.1, 0.15) is 18.0 Å². The number of ether oxygens (including phenoxy) is 1. The molecule has 1 N–H and O–H groups in total. The van der Waals surface area contributed by atoms with Crippen LogP contribution in [0.15, 0.2) is 47.4 Å². The van der Waals surface area contributed by atoms with Crippen LogP contribution in [-0.4, -0.2) is 61.1 Å². The molecule has 0 radical (unpaired) electrons. The molecule has 0 bridgehead atoms. The van der Waals surface area contributed by atoms with E-state index in [0.717, 1.165) is 6.07 Å². The number of methoxy groups -OCH3 is 1. The maximum absolute atomic E-state index is 13.3. The molecule has 1 atom stereocenters. The van der Waals surface area contributed by atoms with E-state index in [0.29, 0.717) is 9.87 Å². The van der Waals surface area contributed by atoms with Gasteiger partial charge in [0.1, 0.15) is 16.5 Å². The van der Waals surface area contributed by atoms with Crippen LogP contribution in [0.3, 0.4) is 0 Å². The Labute approximate surface area is 186 Å². The normalized spacial score (nSPS) is 17.0. The molecule has 1 amide bonds. The van der Waals surface area contributed by atoms with Crippen LogP contribution in [0.2, 0.25) is 0 Å². The molecule has 0 aliphatic carbocycles. The van der Waals surface area contributed by atoms with Gasteiger partial charge in [0, 0.05) is 19.0 Å². The lowest BCUT2D eigenvalue weighted by Crippen LogP contribution is -2.35. The maximum atomic E-state index is 13.3. The number of anilines is 1. The molecule has 1 fully saturated rings. The summed E-state index contributed by atoms with van der Waals surface area (Å²) < 4.78 is 72.2. The molecule has 3 rings (SSSR count). The SMILES string of the molecule is COc1ccc(N2C(=O)CCS2(=O)=O)cc1S(=O)(=O)NCC(c1ccc(F)cc1)N(C)C. The highest BCUT2D eigenvalue weighted by atomic mass is 32.2. The number of carbonyl (C=O) groups is 1. The number of hydrogen-bond acceptors (Lipinski definition) is 7. The van der Waals surface area contributed by atoms with Gasteiger partial charge in [-0.3, -0.25) is 4.79 Å². The third-order valence-corrected chi connectivity index (χ3v) is 8.23. The fourth-order valence-corrected chi connectivity index (χ4v) is 6.10. The lowest BCUT2D eigenvalue weighted by Gasteiger charge is -2.25. The number of halogens is 1. The van der Waals surface area contributed by atoms with Gasteiger partial charge in [-0.15, -0.1) is 0 Å². The zero-order valence-corrected chi connectivity index (χ0v) is 19.4. The number of sulfonamides is 2. The van der Waals surface area contributed by atoms with Crippen molar-refractivity contribution in [1.29, 1.82) is 0 Å². The number of nitrogens with one attached hydrogen (secondary N) is 1. The second-order valence-corrected chi connectivity index (χ2v) is 11.1. The van der Waals surface area contributed by atoms with Crippen molar-refractivity contribution in [2.45, 2.75) is 17.4 Å². The van der Waals surface area contributed by atoms with E-state index in [1.165, 1.54) is 31.4 Å². The van der Waals surface area contributed by atoms with E-state index in [9.17, 15) is 26.0 Å². The highest BCUT2D eigenvalue weighted by molar-refractivity contribution is 7.94. The number of rotatable bonds is 8. The number of carbonyl (C=O) groups excluding carboxylic acids is 1. The lowest BCUT2D eigenvalue weighted by atomic mass is 10.1. The van der Waals surface area contributed by atoms with Crippen LogP contribution in [0.4, 0.5) is 10.1 Å². The molecule has 174 valence electrons. The molecule has 0 aromatic heterocycles. The summed E-state index contributed by atoms with van der Waals surface area (Å²) in [7, 11) is -3.22. The minimum Gasteiger partial charge on any atom is -0.495 e. The Morgan fingerprint density at radius 1 is 1.19 bits per heavy atom. The number of amides is 1. The van der Waals surface area contributed by atoms with Crippen molar-refractivity contribution in [3.63, 3.8) is 0 Å². The van der Waals surface area contributed by atoms with Gasteiger partial charge in [-0.25, -0.2) is 30.3 Å². The summed E-state index contributed by atoms with van der Waals surface area (Å²) in [5, 5.41) is 0. The van der Waals surface area contributed by atoms with Crippen LogP contribution in [0, 0.1) is 5.82 Å². The predicted molar refractivity (Wildman–Crippen MR) is 117 cm³/mol. The molecule has 1 unspecified atom stereocenters. The highest BCUT2D eigenvalue weighted by Gasteiger charge is 2.37. The Balaban J connectivity index is 1.93. The van der Waals surface area contributed by atoms with Gasteiger partial charge in [0.15, 0.2) is 0 Å². The monoisotopic (exact) mass is 485 g/mol. The van der Waals surface area contributed by atoms with Crippen LogP contribution in [-0.2, 0) is 24.8 Å². The van der Waals surface area contributed by atoms with E-state index in [1.807, 2.05) is 0 Å². The van der Waals surface area contributed by atoms with Gasteiger partial charge in [0.05, 0.1) is 18.6 Å². The zero-order chi connectivity index (χ0) is 23.7. The van der Waals surface area contributed by atoms with E-state index in [4.69, 9.17) is 4.74 Å². The van der Waals surface area contributed by atoms with Crippen molar-refractivity contribution >= 4 is 31.6 Å². The van der Waals surface area contributed by atoms with E-state index in [1.54, 1.807) is 31.1 Å². The molecular weight excluding hydrogens is 461 g/mol. The predicted octanol–water partition coefficient (Wildman–Crippen LogP) is 1.48. The van der Waals surface area contributed by atoms with Crippen molar-refractivity contribution < 1.29 is 30.8 Å². The molecule has 32 heavy (non-hydrogen) atoms. The molecule has 1 saturated heterocycles. The van der Waals surface area contributed by atoms with Gasteiger partial charge in [-0.05, 0) is 50.0 Å². The van der Waals surface area contributed by atoms with Crippen molar-refractivity contribution in [1.82, 2.24) is 9.62 Å². The number of likely N-dealkylation sites (N-methyl/N-ethyl adjacent to an activating group) is 1. The van der Waals surface area contributed by atoms with Crippen molar-refractivity contribution in [2.75, 3.05) is 37.8 Å². The summed E-state index contributed by atoms with van der Waals surface area (Å²) in [5.41, 5.74) is 0.630. The standard InChI is InChI=1S/C20H24FN3O6S2/c1-23(2)17(14-4-6-15(21)7-5-14)13-22-32(28,29)19-12-16(8-9-18(19)30-3)24-20(25)10-11-31(24,26)27/h4-9,12,17,22H,10-11,13H2,1-3H3. The average molecular weight is 486 g/mol. The first-order valence-electron chi connectivity index (χ1n) is 9.61. The Kier molecular flexibility index (Phi) is 6.89. The van der Waals surface area contributed by atoms with Crippen molar-refractivity contribution in [3.8, 4) is 5.75 Å². The fourth-order valence-electron chi connectivity index (χ4n) is 3.42. The molecule has 2 aromatic carbocycles. The molecule has 0 saturated carbocycles. The summed E-state index contributed by atoms with van der Waals surface area (Å²) >= 11 is 0. The Morgan fingerprint density at radius 3 is 2.38 bits per heavy atom. The lowest BCUT2D eigenvalue weighted by molar-refractivity contribution is -0.116. The van der Waals surface area contributed by atoms with Crippen molar-refractivity contribution in [3.05, 3.63) is 53.8 Å². The topological polar surface area (TPSA) is 113 Å². The summed E-state index contributed by atoms with van der Waals surface area (Å²) in [6.07, 6.45) is -0.170. The minimum atomic E-state index is -4.16. The quantitative estimate of drug-likeness (QED) is 0.603. The van der Waals surface area contributed by atoms with Gasteiger partial charge < -0.3 is 9.64 Å². The van der Waals surface area contributed by atoms with Crippen LogP contribution >= 0.6 is 0 Å². The molecule has 1 aliphatic heterocycles. The first kappa shape index (κ1) is 24.1. The summed E-state index contributed by atoms with van der Waals surface area (Å²) in [4.78, 5) is 13.6. The van der Waals surface area contributed by atoms with E-state index in [-0.39, 0.29) is 35.1 Å². The smallest absolute Gasteiger partial charge is 0.244 e. The number of benzene rings is 2. The minimum absolute atomic E-state index is 0.00604. The maximum Gasteiger partial charge on any atom is 0.244 e. The van der Waals surface area contributed by atoms with Gasteiger partial charge in [0.25, 0.3) is 0 Å². The summed E-state index contributed by atoms with van der Waals surface area (Å²) in [6.45, 7) is -0.0463. The van der Waals surface area contributed by atoms with Gasteiger partial charge in [0.2, 0.25) is 26.0 Å². The molecule has 9 nitrogen and oxygen atoms in total. The van der Waals surface area contributed by atoms with Crippen LogP contribution < -0.4 is 13.8 Å². The second kappa shape index (κ2) is 9.14. The van der Waals surface area contributed by atoms with Crippen molar-refractivity contribution in [2.24, 2.45) is 0 Å². The summed E-state index contributed by atoms with van der Waals surface area (Å²) in [6, 6.07) is 9.04. The second-order valence-electron chi connectivity index (χ2n) is 7.44. The van der Waals surface area contributed by atoms with Crippen LogP contribution in [0.25, 0.3) is 0 Å². The van der Waals surface area contributed by atoms with E-state index in [2.05, 4.69) is 4.72 Å². The average Bonchev–Trinajstić information content (AvgIpc) is 3.01. The Bertz CT molecular complexity index is 1210. The number of nitrogens with zero attached hydrogens (tertiary/aromatic N) is 2. The highest BCUT2D eigenvalue weighted by Crippen LogP contribution is 2.32. The third-order valence-electron chi connectivity index (χ3n) is 5.09. The van der Waals surface area contributed by atoms with E-state index < -0.39 is 37.8 Å². The van der Waals surface area contributed by atoms with Gasteiger partial charge in [-0.2, -0.15) is 0 Å². The first-order valence-corrected chi connectivity index (χ1v) is 12.7. The summed E-state index contributed by atoms with van der Waals surface area (Å²) in [5.74, 6) is -1.37. The molecule has 2 aromatic rings. The number of hydrogen-bond donors (Lipinski definition) is 1. The molecule has 1 heterocycles. The molecule has 12 heteroatoms. The fraction of sp³-hybridized carbons (Fsp3) is 0.350. The molecule has 0 spiro atoms. The zero-order valence-electron chi connectivity index (χ0n) is 17.8. The van der Waals surface area contributed by atoms with Gasteiger partial charge >= 0.3 is 0 Å². The Morgan fingerprint density at radius 2 is 1.84 bits per heavy atom. The largest absolute Gasteiger partial charge is 0.495 e. The molecular formula is C20H24FN3O6S2. The Hall–Kier alpha value is -2.54. The van der Waals surface area contributed by atoms with Crippen LogP contribution in [0.5, 0.6) is 5.75 Å². The first-order chi connectivity index (χ1) is 15.0. The van der Waals surface area contributed by atoms with Gasteiger partial charge in [-0.1, -0.05) is 12.1 Å².